The van der Waals surface area contributed by atoms with Crippen LogP contribution in [0.5, 0.6) is 0 Å². The van der Waals surface area contributed by atoms with E-state index < -0.39 is 0 Å². The van der Waals surface area contributed by atoms with Crippen LogP contribution in [0.4, 0.5) is 11.4 Å². The van der Waals surface area contributed by atoms with Crippen molar-refractivity contribution >= 4 is 40.5 Å². The third-order valence-electron chi connectivity index (χ3n) is 3.66. The maximum absolute atomic E-state index is 5.79. The van der Waals surface area contributed by atoms with E-state index in [1.165, 1.54) is 21.2 Å². The lowest BCUT2D eigenvalue weighted by Gasteiger charge is -2.37. The summed E-state index contributed by atoms with van der Waals surface area (Å²) in [5, 5.41) is 0.875. The van der Waals surface area contributed by atoms with Gasteiger partial charge in [-0.2, -0.15) is 0 Å². The number of rotatable bonds is 2. The Morgan fingerprint density at radius 3 is 1.90 bits per heavy atom. The Balaban J connectivity index is 2.12. The molecule has 108 valence electrons. The van der Waals surface area contributed by atoms with Gasteiger partial charge in [0.25, 0.3) is 0 Å². The highest BCUT2D eigenvalue weighted by Crippen LogP contribution is 2.48. The average Bonchev–Trinajstić information content (AvgIpc) is 2.53. The molecule has 0 saturated heterocycles. The summed E-state index contributed by atoms with van der Waals surface area (Å²) in [5.41, 5.74) is 2.36. The Kier molecular flexibility index (Phi) is 4.17. The molecule has 2 aromatic carbocycles. The van der Waals surface area contributed by atoms with Crippen molar-refractivity contribution in [2.24, 2.45) is 0 Å². The number of hydrogen-bond acceptors (Lipinski definition) is 2. The Morgan fingerprint density at radius 1 is 0.952 bits per heavy atom. The van der Waals surface area contributed by atoms with Crippen LogP contribution in [0.1, 0.15) is 13.8 Å². The van der Waals surface area contributed by atoms with Gasteiger partial charge in [0.2, 0.25) is 0 Å². The van der Waals surface area contributed by atoms with Crippen LogP contribution in [0.15, 0.2) is 58.3 Å². The Morgan fingerprint density at radius 2 is 1.43 bits per heavy atom. The number of benzene rings is 2. The first-order valence-electron chi connectivity index (χ1n) is 7.21. The van der Waals surface area contributed by atoms with Gasteiger partial charge >= 0.3 is 0 Å². The molecule has 4 heteroatoms. The predicted octanol–water partition coefficient (Wildman–Crippen LogP) is 4.92. The first-order valence-corrected chi connectivity index (χ1v) is 8.43. The zero-order valence-electron chi connectivity index (χ0n) is 12.2. The van der Waals surface area contributed by atoms with Crippen molar-refractivity contribution in [1.29, 1.82) is 0 Å². The monoisotopic (exact) mass is 314 g/mol. The van der Waals surface area contributed by atoms with E-state index in [-0.39, 0.29) is 0 Å². The van der Waals surface area contributed by atoms with Crippen molar-refractivity contribution < 1.29 is 0 Å². The fourth-order valence-electron chi connectivity index (χ4n) is 2.55. The molecule has 1 aliphatic rings. The van der Waals surface area contributed by atoms with Gasteiger partial charge in [-0.1, -0.05) is 36.0 Å². The standard InChI is InChI=1S/C17H18N2S2/c1-3-18(4-2)17(20)19-13-9-5-7-11-15(13)21-16-12-8-6-10-14(16)19/h5-12H,3-4H2,1-2H3. The molecule has 0 aromatic heterocycles. The fourth-order valence-corrected chi connectivity index (χ4v) is 4.06. The molecule has 0 saturated carbocycles. The van der Waals surface area contributed by atoms with Crippen molar-refractivity contribution in [2.75, 3.05) is 18.0 Å². The van der Waals surface area contributed by atoms with Crippen LogP contribution in [-0.4, -0.2) is 23.1 Å². The van der Waals surface area contributed by atoms with Gasteiger partial charge in [0.15, 0.2) is 5.11 Å². The van der Waals surface area contributed by atoms with E-state index >= 15 is 0 Å². The molecule has 0 radical (unpaired) electrons. The van der Waals surface area contributed by atoms with Crippen molar-refractivity contribution in [1.82, 2.24) is 4.90 Å². The first kappa shape index (κ1) is 14.4. The highest BCUT2D eigenvalue weighted by atomic mass is 32.2. The van der Waals surface area contributed by atoms with Gasteiger partial charge in [-0.3, -0.25) is 4.90 Å². The molecule has 0 amide bonds. The largest absolute Gasteiger partial charge is 0.349 e. The van der Waals surface area contributed by atoms with Crippen molar-refractivity contribution in [2.45, 2.75) is 23.6 Å². The summed E-state index contributed by atoms with van der Waals surface area (Å²) in [5.74, 6) is 0. The quantitative estimate of drug-likeness (QED) is 0.726. The molecule has 0 N–H and O–H groups in total. The minimum absolute atomic E-state index is 0.875. The van der Waals surface area contributed by atoms with Crippen LogP contribution in [-0.2, 0) is 0 Å². The SMILES string of the molecule is CCN(CC)C(=S)N1c2ccccc2Sc2ccccc21. The molecule has 0 unspecified atom stereocenters. The summed E-state index contributed by atoms with van der Waals surface area (Å²) < 4.78 is 0. The minimum atomic E-state index is 0.875. The van der Waals surface area contributed by atoms with Crippen LogP contribution in [0.25, 0.3) is 0 Å². The number of nitrogens with zero attached hydrogens (tertiary/aromatic N) is 2. The molecule has 0 atom stereocenters. The Labute approximate surface area is 135 Å². The van der Waals surface area contributed by atoms with E-state index in [4.69, 9.17) is 12.2 Å². The summed E-state index contributed by atoms with van der Waals surface area (Å²) in [6.45, 7) is 6.13. The molecular weight excluding hydrogens is 296 g/mol. The third kappa shape index (κ3) is 2.54. The van der Waals surface area contributed by atoms with Gasteiger partial charge in [0.1, 0.15) is 0 Å². The van der Waals surface area contributed by atoms with Crippen LogP contribution >= 0.6 is 24.0 Å². The molecule has 0 aliphatic carbocycles. The van der Waals surface area contributed by atoms with E-state index in [1.54, 1.807) is 0 Å². The Bertz CT molecular complexity index is 620. The van der Waals surface area contributed by atoms with Crippen LogP contribution < -0.4 is 4.90 Å². The molecule has 21 heavy (non-hydrogen) atoms. The van der Waals surface area contributed by atoms with E-state index in [0.717, 1.165) is 18.2 Å². The van der Waals surface area contributed by atoms with E-state index in [0.29, 0.717) is 0 Å². The van der Waals surface area contributed by atoms with E-state index in [9.17, 15) is 0 Å². The summed E-state index contributed by atoms with van der Waals surface area (Å²) in [7, 11) is 0. The smallest absolute Gasteiger partial charge is 0.180 e. The zero-order valence-corrected chi connectivity index (χ0v) is 13.9. The molecule has 1 heterocycles. The van der Waals surface area contributed by atoms with E-state index in [1.807, 2.05) is 11.8 Å². The highest BCUT2D eigenvalue weighted by molar-refractivity contribution is 7.99. The second-order valence-electron chi connectivity index (χ2n) is 4.83. The average molecular weight is 314 g/mol. The van der Waals surface area contributed by atoms with E-state index in [2.05, 4.69) is 72.2 Å². The number of hydrogen-bond donors (Lipinski definition) is 0. The van der Waals surface area contributed by atoms with Gasteiger partial charge in [-0.25, -0.2) is 0 Å². The van der Waals surface area contributed by atoms with Crippen LogP contribution in [0.2, 0.25) is 0 Å². The highest BCUT2D eigenvalue weighted by Gasteiger charge is 2.27. The number of thiocarbonyl (C=S) groups is 1. The lowest BCUT2D eigenvalue weighted by molar-refractivity contribution is 0.468. The molecule has 0 bridgehead atoms. The van der Waals surface area contributed by atoms with Crippen molar-refractivity contribution in [3.8, 4) is 0 Å². The van der Waals surface area contributed by atoms with Gasteiger partial charge in [0.05, 0.1) is 11.4 Å². The molecule has 2 nitrogen and oxygen atoms in total. The maximum Gasteiger partial charge on any atom is 0.180 e. The summed E-state index contributed by atoms with van der Waals surface area (Å²) >= 11 is 7.60. The lowest BCUT2D eigenvalue weighted by Crippen LogP contribution is -2.41. The molecule has 3 rings (SSSR count). The lowest BCUT2D eigenvalue weighted by atomic mass is 10.2. The van der Waals surface area contributed by atoms with Gasteiger partial charge in [-0.05, 0) is 50.3 Å². The summed E-state index contributed by atoms with van der Waals surface area (Å²) in [6.07, 6.45) is 0. The predicted molar refractivity (Wildman–Crippen MR) is 94.7 cm³/mol. The minimum Gasteiger partial charge on any atom is -0.349 e. The van der Waals surface area contributed by atoms with Crippen LogP contribution in [0.3, 0.4) is 0 Å². The van der Waals surface area contributed by atoms with Crippen molar-refractivity contribution in [3.05, 3.63) is 48.5 Å². The number of anilines is 2. The second kappa shape index (κ2) is 6.08. The topological polar surface area (TPSA) is 6.48 Å². The zero-order chi connectivity index (χ0) is 14.8. The van der Waals surface area contributed by atoms with Gasteiger partial charge in [0, 0.05) is 22.9 Å². The van der Waals surface area contributed by atoms with Crippen LogP contribution in [0, 0.1) is 0 Å². The number of fused-ring (bicyclic) bond motifs is 2. The van der Waals surface area contributed by atoms with Gasteiger partial charge < -0.3 is 4.90 Å². The number of para-hydroxylation sites is 2. The molecular formula is C17H18N2S2. The maximum atomic E-state index is 5.79. The van der Waals surface area contributed by atoms with Crippen molar-refractivity contribution in [3.63, 3.8) is 0 Å². The van der Waals surface area contributed by atoms with Gasteiger partial charge in [-0.15, -0.1) is 0 Å². The normalized spacial score (nSPS) is 12.6. The Hall–Kier alpha value is -1.52. The second-order valence-corrected chi connectivity index (χ2v) is 6.28. The molecule has 0 spiro atoms. The summed E-state index contributed by atoms with van der Waals surface area (Å²) in [4.78, 5) is 6.94. The first-order chi connectivity index (χ1) is 10.3. The third-order valence-corrected chi connectivity index (χ3v) is 5.23. The molecule has 1 aliphatic heterocycles. The molecule has 0 fully saturated rings. The fraction of sp³-hybridized carbons (Fsp3) is 0.235. The molecule has 2 aromatic rings. The summed E-state index contributed by atoms with van der Waals surface area (Å²) in [6, 6.07) is 16.9.